The number of halogens is 1. The van der Waals surface area contributed by atoms with Crippen molar-refractivity contribution in [3.8, 4) is 0 Å². The number of nitrogens with one attached hydrogen (secondary N) is 1. The Labute approximate surface area is 233 Å². The van der Waals surface area contributed by atoms with Crippen molar-refractivity contribution in [2.45, 2.75) is 76.3 Å². The number of benzene rings is 1. The van der Waals surface area contributed by atoms with Crippen LogP contribution < -0.4 is 0 Å². The highest BCUT2D eigenvalue weighted by molar-refractivity contribution is 5.98. The van der Waals surface area contributed by atoms with Crippen molar-refractivity contribution >= 4 is 16.8 Å². The van der Waals surface area contributed by atoms with Crippen molar-refractivity contribution in [1.29, 1.82) is 0 Å². The van der Waals surface area contributed by atoms with Crippen LogP contribution in [0.4, 0.5) is 4.39 Å². The summed E-state index contributed by atoms with van der Waals surface area (Å²) in [7, 11) is 4.38. The molecule has 0 radical (unpaired) electrons. The number of carbonyl (C=O) groups is 1. The fourth-order valence-electron chi connectivity index (χ4n) is 6.28. The lowest BCUT2D eigenvalue weighted by Gasteiger charge is -2.54. The molecule has 1 spiro atoms. The van der Waals surface area contributed by atoms with E-state index in [0.29, 0.717) is 6.33 Å². The zero-order valence-electron chi connectivity index (χ0n) is 24.1. The van der Waals surface area contributed by atoms with Gasteiger partial charge in [-0.3, -0.25) is 4.79 Å². The first-order valence-corrected chi connectivity index (χ1v) is 14.3. The Morgan fingerprint density at radius 2 is 1.92 bits per heavy atom. The molecule has 0 unspecified atom stereocenters. The zero-order valence-corrected chi connectivity index (χ0v) is 24.1. The molecule has 1 amide bonds. The number of H-pyrrole nitrogens is 1. The molecule has 5 rings (SSSR count). The standard InChI is InChI=1S/C28H35N3O.C6H9F/c1-20-9-5-6-10-21(19-20)26(32)31-18-13-23-22-11-7-8-12-24(22)29-25(23)28(31)16-14-27(2,15-17-28)30(3)4;1-2-3-4-5-6-7/h5,7-12,19,29H,6,13-18H2,1-4H3;2,5-6H,1,3-4H2/b;6-5+. The summed E-state index contributed by atoms with van der Waals surface area (Å²) < 4.78 is 11.1. The number of para-hydroxylation sites is 1. The normalized spacial score (nSPS) is 24.7. The molecule has 2 heterocycles. The largest absolute Gasteiger partial charge is 0.356 e. The van der Waals surface area contributed by atoms with Crippen molar-refractivity contribution in [2.75, 3.05) is 20.6 Å². The van der Waals surface area contributed by atoms with Gasteiger partial charge in [-0.15, -0.1) is 6.58 Å². The second kappa shape index (κ2) is 12.3. The maximum atomic E-state index is 14.0. The highest BCUT2D eigenvalue weighted by Crippen LogP contribution is 2.51. The number of fused-ring (bicyclic) bond motifs is 4. The first-order valence-electron chi connectivity index (χ1n) is 14.3. The van der Waals surface area contributed by atoms with Crippen LogP contribution >= 0.6 is 0 Å². The minimum Gasteiger partial charge on any atom is -0.356 e. The van der Waals surface area contributed by atoms with Crippen molar-refractivity contribution in [3.05, 3.63) is 96.0 Å². The molecule has 1 aromatic heterocycles. The molecule has 208 valence electrons. The highest BCUT2D eigenvalue weighted by atomic mass is 19.1. The van der Waals surface area contributed by atoms with E-state index >= 15 is 0 Å². The van der Waals surface area contributed by atoms with E-state index in [2.05, 4.69) is 97.9 Å². The predicted octanol–water partition coefficient (Wildman–Crippen LogP) is 7.91. The molecule has 5 heteroatoms. The van der Waals surface area contributed by atoms with Gasteiger partial charge in [0, 0.05) is 34.3 Å². The van der Waals surface area contributed by atoms with E-state index in [1.165, 1.54) is 28.2 Å². The van der Waals surface area contributed by atoms with E-state index in [1.807, 2.05) is 0 Å². The van der Waals surface area contributed by atoms with Crippen molar-refractivity contribution in [3.63, 3.8) is 0 Å². The molecule has 1 saturated carbocycles. The Kier molecular flexibility index (Phi) is 9.12. The topological polar surface area (TPSA) is 39.3 Å². The average molecular weight is 530 g/mol. The molecule has 0 bridgehead atoms. The number of unbranched alkanes of at least 4 members (excludes halogenated alkanes) is 1. The fraction of sp³-hybridized carbons (Fsp3) is 0.441. The van der Waals surface area contributed by atoms with Crippen LogP contribution in [0.2, 0.25) is 0 Å². The summed E-state index contributed by atoms with van der Waals surface area (Å²) >= 11 is 0. The number of hydrogen-bond acceptors (Lipinski definition) is 2. The van der Waals surface area contributed by atoms with E-state index < -0.39 is 0 Å². The van der Waals surface area contributed by atoms with Crippen LogP contribution in [0.1, 0.15) is 70.1 Å². The third-order valence-corrected chi connectivity index (χ3v) is 8.97. The van der Waals surface area contributed by atoms with Gasteiger partial charge in [-0.1, -0.05) is 54.2 Å². The van der Waals surface area contributed by atoms with Crippen LogP contribution in [0.5, 0.6) is 0 Å². The molecule has 2 aromatic rings. The molecular formula is C34H44FN3O. The van der Waals surface area contributed by atoms with Crippen LogP contribution in [0.15, 0.2) is 84.8 Å². The van der Waals surface area contributed by atoms with Crippen LogP contribution in [-0.2, 0) is 16.8 Å². The second-order valence-electron chi connectivity index (χ2n) is 11.6. The van der Waals surface area contributed by atoms with Crippen LogP contribution in [0.25, 0.3) is 10.9 Å². The van der Waals surface area contributed by atoms with Gasteiger partial charge in [-0.2, -0.15) is 0 Å². The lowest BCUT2D eigenvalue weighted by molar-refractivity contribution is -0.138. The summed E-state index contributed by atoms with van der Waals surface area (Å²) in [4.78, 5) is 22.4. The van der Waals surface area contributed by atoms with Crippen LogP contribution in [-0.4, -0.2) is 46.9 Å². The molecule has 3 aliphatic rings. The Balaban J connectivity index is 0.000000448. The fourth-order valence-corrected chi connectivity index (χ4v) is 6.28. The van der Waals surface area contributed by atoms with E-state index in [1.54, 1.807) is 6.08 Å². The van der Waals surface area contributed by atoms with Gasteiger partial charge in [0.25, 0.3) is 5.91 Å². The Morgan fingerprint density at radius 1 is 1.18 bits per heavy atom. The van der Waals surface area contributed by atoms with Gasteiger partial charge in [0.05, 0.1) is 11.9 Å². The minimum absolute atomic E-state index is 0.172. The average Bonchev–Trinajstić information content (AvgIpc) is 3.18. The van der Waals surface area contributed by atoms with Crippen LogP contribution in [0, 0.1) is 0 Å². The predicted molar refractivity (Wildman–Crippen MR) is 161 cm³/mol. The summed E-state index contributed by atoms with van der Waals surface area (Å²) in [5.74, 6) is 0.186. The quantitative estimate of drug-likeness (QED) is 0.316. The summed E-state index contributed by atoms with van der Waals surface area (Å²) in [5, 5.41) is 1.32. The molecule has 4 nitrogen and oxygen atoms in total. The summed E-state index contributed by atoms with van der Waals surface area (Å²) in [6, 6.07) is 8.63. The lowest BCUT2D eigenvalue weighted by atomic mass is 9.67. The third kappa shape index (κ3) is 5.89. The maximum absolute atomic E-state index is 14.0. The smallest absolute Gasteiger partial charge is 0.254 e. The van der Waals surface area contributed by atoms with Gasteiger partial charge in [-0.25, -0.2) is 4.39 Å². The Bertz CT molecular complexity index is 1300. The first-order chi connectivity index (χ1) is 18.8. The monoisotopic (exact) mass is 529 g/mol. The summed E-state index contributed by atoms with van der Waals surface area (Å²) in [6.45, 7) is 8.70. The SMILES string of the molecule is C=CCC/C=C/F.CC1=CC(C(=O)N2CCc3c([nH]c4ccccc34)C23CCC(C)(N(C)C)CC3)=CCC=C1. The molecule has 2 aliphatic carbocycles. The number of hydrogen-bond donors (Lipinski definition) is 1. The molecule has 39 heavy (non-hydrogen) atoms. The van der Waals surface area contributed by atoms with Gasteiger partial charge < -0.3 is 14.8 Å². The molecule has 1 N–H and O–H groups in total. The molecular weight excluding hydrogens is 485 g/mol. The molecule has 0 saturated heterocycles. The van der Waals surface area contributed by atoms with E-state index in [4.69, 9.17) is 0 Å². The van der Waals surface area contributed by atoms with Gasteiger partial charge in [0.15, 0.2) is 0 Å². The van der Waals surface area contributed by atoms with Gasteiger partial charge in [0.1, 0.15) is 0 Å². The van der Waals surface area contributed by atoms with Gasteiger partial charge >= 0.3 is 0 Å². The number of aromatic amines is 1. The number of allylic oxidation sites excluding steroid dienone is 6. The van der Waals surface area contributed by atoms with Crippen LogP contribution in [0.3, 0.4) is 0 Å². The third-order valence-electron chi connectivity index (χ3n) is 8.97. The van der Waals surface area contributed by atoms with E-state index in [-0.39, 0.29) is 17.0 Å². The van der Waals surface area contributed by atoms with Gasteiger partial charge in [0.2, 0.25) is 0 Å². The number of rotatable bonds is 5. The maximum Gasteiger partial charge on any atom is 0.254 e. The number of nitrogens with zero attached hydrogens (tertiary/aromatic N) is 2. The second-order valence-corrected chi connectivity index (χ2v) is 11.6. The van der Waals surface area contributed by atoms with Crippen molar-refractivity contribution in [2.24, 2.45) is 0 Å². The number of aromatic nitrogens is 1. The summed E-state index contributed by atoms with van der Waals surface area (Å²) in [6.07, 6.45) is 19.7. The first kappa shape index (κ1) is 28.8. The van der Waals surface area contributed by atoms with E-state index in [9.17, 15) is 9.18 Å². The molecule has 1 aliphatic heterocycles. The number of amides is 1. The van der Waals surface area contributed by atoms with Crippen molar-refractivity contribution < 1.29 is 9.18 Å². The van der Waals surface area contributed by atoms with Gasteiger partial charge in [-0.05, 0) is 97.0 Å². The molecule has 1 aromatic carbocycles. The molecule has 1 fully saturated rings. The summed E-state index contributed by atoms with van der Waals surface area (Å²) in [5.41, 5.74) is 5.79. The number of carbonyl (C=O) groups excluding carboxylic acids is 1. The highest BCUT2D eigenvalue weighted by Gasteiger charge is 2.51. The minimum atomic E-state index is -0.262. The Hall–Kier alpha value is -3.18. The van der Waals surface area contributed by atoms with Crippen molar-refractivity contribution in [1.82, 2.24) is 14.8 Å². The van der Waals surface area contributed by atoms with E-state index in [0.717, 1.165) is 69.1 Å². The Morgan fingerprint density at radius 3 is 2.62 bits per heavy atom. The molecule has 0 atom stereocenters. The lowest BCUT2D eigenvalue weighted by Crippen LogP contribution is -2.58. The zero-order chi connectivity index (χ0) is 28.0.